The molecule has 0 bridgehead atoms. The molecular weight excluding hydrogens is 378 g/mol. The van der Waals surface area contributed by atoms with Crippen LogP contribution < -0.4 is 10.1 Å². The third-order valence-corrected chi connectivity index (χ3v) is 5.33. The molecule has 28 heavy (non-hydrogen) atoms. The van der Waals surface area contributed by atoms with Crippen LogP contribution >= 0.6 is 11.3 Å². The average Bonchev–Trinajstić information content (AvgIpc) is 2.95. The fraction of sp³-hybridized carbons (Fsp3) is 0.350. The minimum Gasteiger partial charge on any atom is -0.494 e. The van der Waals surface area contributed by atoms with Gasteiger partial charge in [0, 0.05) is 10.4 Å². The quantitative estimate of drug-likeness (QED) is 0.555. The van der Waals surface area contributed by atoms with Crippen LogP contribution in [0.15, 0.2) is 24.3 Å². The van der Waals surface area contributed by atoms with Gasteiger partial charge in [-0.15, -0.1) is 11.3 Å². The summed E-state index contributed by atoms with van der Waals surface area (Å²) in [7, 11) is 0. The standard InChI is InChI=1S/C20H23N3O4S/c1-5-27-14-8-6-13(7-9-14)15-11(3)28-19-16(15)18(21-12(4)22-19)23-17(10(2)24)20(25)26/h6-10,17,24H,5H2,1-4H3,(H,25,26)(H,21,22,23). The maximum Gasteiger partial charge on any atom is 0.328 e. The van der Waals surface area contributed by atoms with Gasteiger partial charge in [0.2, 0.25) is 0 Å². The van der Waals surface area contributed by atoms with Crippen LogP contribution in [0, 0.1) is 13.8 Å². The van der Waals surface area contributed by atoms with Crippen LogP contribution in [-0.2, 0) is 4.79 Å². The highest BCUT2D eigenvalue weighted by Gasteiger charge is 2.26. The Labute approximate surface area is 167 Å². The van der Waals surface area contributed by atoms with Crippen molar-refractivity contribution in [2.75, 3.05) is 11.9 Å². The number of thiophene rings is 1. The molecule has 0 aliphatic carbocycles. The Balaban J connectivity index is 2.16. The van der Waals surface area contributed by atoms with E-state index in [1.54, 1.807) is 6.92 Å². The van der Waals surface area contributed by atoms with Gasteiger partial charge in [-0.05, 0) is 45.4 Å². The zero-order valence-electron chi connectivity index (χ0n) is 16.2. The fourth-order valence-electron chi connectivity index (χ4n) is 3.09. The number of hydrogen-bond acceptors (Lipinski definition) is 7. The average molecular weight is 401 g/mol. The number of nitrogens with one attached hydrogen (secondary N) is 1. The first kappa shape index (κ1) is 20.0. The molecule has 0 fully saturated rings. The molecule has 2 heterocycles. The van der Waals surface area contributed by atoms with Gasteiger partial charge in [0.05, 0.1) is 18.1 Å². The second kappa shape index (κ2) is 8.12. The lowest BCUT2D eigenvalue weighted by Gasteiger charge is -2.19. The Morgan fingerprint density at radius 3 is 2.50 bits per heavy atom. The van der Waals surface area contributed by atoms with Crippen LogP contribution in [0.4, 0.5) is 5.82 Å². The van der Waals surface area contributed by atoms with Crippen LogP contribution in [0.25, 0.3) is 21.3 Å². The number of aliphatic hydroxyl groups excluding tert-OH is 1. The molecule has 3 rings (SSSR count). The SMILES string of the molecule is CCOc1ccc(-c2c(C)sc3nc(C)nc(NC(C(=O)O)C(C)O)c23)cc1. The molecule has 2 aromatic heterocycles. The normalized spacial score (nSPS) is 13.3. The number of aromatic nitrogens is 2. The number of carbonyl (C=O) groups is 1. The third-order valence-electron chi connectivity index (χ3n) is 4.33. The summed E-state index contributed by atoms with van der Waals surface area (Å²) in [5, 5.41) is 23.0. The van der Waals surface area contributed by atoms with Gasteiger partial charge in [0.15, 0.2) is 6.04 Å². The smallest absolute Gasteiger partial charge is 0.328 e. The fourth-order valence-corrected chi connectivity index (χ4v) is 4.18. The van der Waals surface area contributed by atoms with Crippen molar-refractivity contribution in [2.45, 2.75) is 39.8 Å². The van der Waals surface area contributed by atoms with Gasteiger partial charge in [-0.2, -0.15) is 0 Å². The molecule has 0 saturated carbocycles. The van der Waals surface area contributed by atoms with Gasteiger partial charge in [-0.1, -0.05) is 12.1 Å². The molecule has 3 aromatic rings. The van der Waals surface area contributed by atoms with E-state index in [4.69, 9.17) is 4.74 Å². The van der Waals surface area contributed by atoms with E-state index in [0.29, 0.717) is 18.2 Å². The lowest BCUT2D eigenvalue weighted by molar-refractivity contribution is -0.140. The number of fused-ring (bicyclic) bond motifs is 1. The van der Waals surface area contributed by atoms with Gasteiger partial charge in [0.25, 0.3) is 0 Å². The molecule has 3 N–H and O–H groups in total. The first-order chi connectivity index (χ1) is 13.3. The summed E-state index contributed by atoms with van der Waals surface area (Å²) >= 11 is 1.53. The van der Waals surface area contributed by atoms with E-state index in [9.17, 15) is 15.0 Å². The molecule has 1 aromatic carbocycles. The molecule has 2 unspecified atom stereocenters. The number of nitrogens with zero attached hydrogens (tertiary/aromatic N) is 2. The first-order valence-electron chi connectivity index (χ1n) is 9.00. The molecule has 148 valence electrons. The van der Waals surface area contributed by atoms with Crippen LogP contribution in [0.5, 0.6) is 5.75 Å². The summed E-state index contributed by atoms with van der Waals surface area (Å²) in [6.45, 7) is 7.72. The predicted molar refractivity (Wildman–Crippen MR) is 110 cm³/mol. The highest BCUT2D eigenvalue weighted by Crippen LogP contribution is 2.41. The number of ether oxygens (including phenoxy) is 1. The Bertz CT molecular complexity index is 999. The summed E-state index contributed by atoms with van der Waals surface area (Å²) in [5.41, 5.74) is 1.91. The highest BCUT2D eigenvalue weighted by molar-refractivity contribution is 7.19. The number of aryl methyl sites for hydroxylation is 2. The number of carboxylic acids is 1. The van der Waals surface area contributed by atoms with Gasteiger partial charge < -0.3 is 20.3 Å². The lowest BCUT2D eigenvalue weighted by Crippen LogP contribution is -2.39. The second-order valence-corrected chi connectivity index (χ2v) is 7.69. The van der Waals surface area contributed by atoms with Crippen molar-refractivity contribution in [2.24, 2.45) is 0 Å². The van der Waals surface area contributed by atoms with E-state index in [0.717, 1.165) is 32.0 Å². The Morgan fingerprint density at radius 1 is 1.25 bits per heavy atom. The van der Waals surface area contributed by atoms with Gasteiger partial charge in [-0.25, -0.2) is 14.8 Å². The van der Waals surface area contributed by atoms with Crippen molar-refractivity contribution in [1.82, 2.24) is 9.97 Å². The largest absolute Gasteiger partial charge is 0.494 e. The Hall–Kier alpha value is -2.71. The summed E-state index contributed by atoms with van der Waals surface area (Å²) < 4.78 is 5.51. The van der Waals surface area contributed by atoms with Crippen molar-refractivity contribution < 1.29 is 19.7 Å². The molecule has 0 aliphatic rings. The molecule has 0 saturated heterocycles. The third kappa shape index (κ3) is 3.93. The van der Waals surface area contributed by atoms with E-state index in [2.05, 4.69) is 15.3 Å². The van der Waals surface area contributed by atoms with Gasteiger partial charge >= 0.3 is 5.97 Å². The summed E-state index contributed by atoms with van der Waals surface area (Å²) in [4.78, 5) is 22.3. The maximum absolute atomic E-state index is 11.5. The van der Waals surface area contributed by atoms with Crippen molar-refractivity contribution >= 4 is 33.3 Å². The van der Waals surface area contributed by atoms with Crippen LogP contribution in [0.2, 0.25) is 0 Å². The molecule has 0 aliphatic heterocycles. The molecule has 2 atom stereocenters. The minimum atomic E-state index is -1.18. The van der Waals surface area contributed by atoms with Crippen molar-refractivity contribution in [1.29, 1.82) is 0 Å². The Kier molecular flexibility index (Phi) is 5.81. The minimum absolute atomic E-state index is 0.407. The topological polar surface area (TPSA) is 105 Å². The van der Waals surface area contributed by atoms with Crippen LogP contribution in [0.1, 0.15) is 24.5 Å². The summed E-state index contributed by atoms with van der Waals surface area (Å²) in [6.07, 6.45) is -1.09. The summed E-state index contributed by atoms with van der Waals surface area (Å²) in [5.74, 6) is 0.580. The highest BCUT2D eigenvalue weighted by atomic mass is 32.1. The number of carboxylic acid groups (broad SMARTS) is 1. The number of benzene rings is 1. The van der Waals surface area contributed by atoms with E-state index < -0.39 is 18.1 Å². The first-order valence-corrected chi connectivity index (χ1v) is 9.81. The van der Waals surface area contributed by atoms with Gasteiger partial charge in [-0.3, -0.25) is 0 Å². The zero-order valence-corrected chi connectivity index (χ0v) is 17.0. The van der Waals surface area contributed by atoms with E-state index in [1.807, 2.05) is 38.1 Å². The van der Waals surface area contributed by atoms with Crippen LogP contribution in [0.3, 0.4) is 0 Å². The summed E-state index contributed by atoms with van der Waals surface area (Å²) in [6, 6.07) is 6.56. The van der Waals surface area contributed by atoms with Crippen molar-refractivity contribution in [3.05, 3.63) is 35.0 Å². The Morgan fingerprint density at radius 2 is 1.93 bits per heavy atom. The number of aliphatic carboxylic acids is 1. The maximum atomic E-state index is 11.5. The molecule has 7 nitrogen and oxygen atoms in total. The van der Waals surface area contributed by atoms with Crippen LogP contribution in [-0.4, -0.2) is 44.9 Å². The lowest BCUT2D eigenvalue weighted by atomic mass is 10.0. The monoisotopic (exact) mass is 401 g/mol. The molecule has 0 spiro atoms. The molecule has 0 radical (unpaired) electrons. The number of aliphatic hydroxyl groups is 1. The van der Waals surface area contributed by atoms with E-state index >= 15 is 0 Å². The predicted octanol–water partition coefficient (Wildman–Crippen LogP) is 3.62. The van der Waals surface area contributed by atoms with E-state index in [-0.39, 0.29) is 0 Å². The van der Waals surface area contributed by atoms with E-state index in [1.165, 1.54) is 18.3 Å². The number of hydrogen-bond donors (Lipinski definition) is 3. The van der Waals surface area contributed by atoms with Crippen molar-refractivity contribution in [3.8, 4) is 16.9 Å². The molecule has 8 heteroatoms. The number of anilines is 1. The number of rotatable bonds is 7. The second-order valence-electron chi connectivity index (χ2n) is 6.49. The molecular formula is C20H23N3O4S. The van der Waals surface area contributed by atoms with Gasteiger partial charge in [0.1, 0.15) is 22.2 Å². The molecule has 0 amide bonds. The zero-order chi connectivity index (χ0) is 20.4. The van der Waals surface area contributed by atoms with Crippen molar-refractivity contribution in [3.63, 3.8) is 0 Å².